The topological polar surface area (TPSA) is 66.5 Å². The van der Waals surface area contributed by atoms with Crippen molar-refractivity contribution in [3.05, 3.63) is 23.8 Å². The van der Waals surface area contributed by atoms with E-state index >= 15 is 0 Å². The van der Waals surface area contributed by atoms with E-state index in [4.69, 9.17) is 15.9 Å². The molecule has 46 valence electrons. The molecule has 0 heterocycles. The van der Waals surface area contributed by atoms with Crippen molar-refractivity contribution in [1.29, 1.82) is 0 Å². The van der Waals surface area contributed by atoms with Gasteiger partial charge in [-0.05, 0) is 13.0 Å². The van der Waals surface area contributed by atoms with Crippen LogP contribution in [0.4, 0.5) is 0 Å². The highest BCUT2D eigenvalue weighted by atomic mass is 16.5. The van der Waals surface area contributed by atoms with Crippen molar-refractivity contribution in [3.8, 4) is 0 Å². The third kappa shape index (κ3) is 4.88. The van der Waals surface area contributed by atoms with Crippen LogP contribution in [-0.4, -0.2) is 10.2 Å². The van der Waals surface area contributed by atoms with Gasteiger partial charge in [0.1, 0.15) is 0 Å². The molecular formula is C5H9NO2. The lowest BCUT2D eigenvalue weighted by Crippen LogP contribution is -1.88. The smallest absolute Gasteiger partial charge is 0.274 e. The molecular weight excluding hydrogens is 106 g/mol. The van der Waals surface area contributed by atoms with Crippen molar-refractivity contribution < 1.29 is 10.2 Å². The second-order valence-electron chi connectivity index (χ2n) is 1.44. The second-order valence-corrected chi connectivity index (χ2v) is 1.44. The van der Waals surface area contributed by atoms with Gasteiger partial charge >= 0.3 is 0 Å². The molecule has 0 aromatic carbocycles. The number of allylic oxidation sites excluding steroid dienone is 3. The molecule has 0 spiro atoms. The number of aliphatic hydroxyl groups is 2. The molecule has 0 aromatic heterocycles. The average Bonchev–Trinajstić information content (AvgIpc) is 1.61. The van der Waals surface area contributed by atoms with E-state index in [-0.39, 0.29) is 0 Å². The zero-order chi connectivity index (χ0) is 6.57. The van der Waals surface area contributed by atoms with Gasteiger partial charge in [0.2, 0.25) is 0 Å². The molecule has 0 rings (SSSR count). The quantitative estimate of drug-likeness (QED) is 0.350. The van der Waals surface area contributed by atoms with Gasteiger partial charge in [0.25, 0.3) is 5.95 Å². The molecule has 3 nitrogen and oxygen atoms in total. The van der Waals surface area contributed by atoms with Crippen LogP contribution in [0.2, 0.25) is 0 Å². The summed E-state index contributed by atoms with van der Waals surface area (Å²) in [6.07, 6.45) is 2.50. The Morgan fingerprint density at radius 2 is 1.88 bits per heavy atom. The molecule has 0 bridgehead atoms. The fourth-order valence-electron chi connectivity index (χ4n) is 0.206. The summed E-state index contributed by atoms with van der Waals surface area (Å²) in [5, 5.41) is 16.2. The number of nitrogens with two attached hydrogens (primary N) is 1. The lowest BCUT2D eigenvalue weighted by molar-refractivity contribution is 0.191. The van der Waals surface area contributed by atoms with E-state index in [0.29, 0.717) is 5.70 Å². The van der Waals surface area contributed by atoms with Crippen LogP contribution in [-0.2, 0) is 0 Å². The highest BCUT2D eigenvalue weighted by Gasteiger charge is 1.76. The first-order valence-corrected chi connectivity index (χ1v) is 2.15. The van der Waals surface area contributed by atoms with Gasteiger partial charge in [-0.3, -0.25) is 0 Å². The normalized spacial score (nSPS) is 10.9. The number of aliphatic hydroxyl groups excluding tert-OH is 1. The summed E-state index contributed by atoms with van der Waals surface area (Å²) in [6, 6.07) is 0. The minimum Gasteiger partial charge on any atom is -0.481 e. The molecule has 0 aliphatic rings. The fraction of sp³-hybridized carbons (Fsp3) is 0.200. The Kier molecular flexibility index (Phi) is 2.54. The standard InChI is InChI=1S/C5H9NO2/c1-4(6)2-3-5(7)8/h2-3,7-8H,6H2,1H3/b4-2+. The predicted octanol–water partition coefficient (Wildman–Crippen LogP) is 0.806. The third-order valence-corrected chi connectivity index (χ3v) is 0.495. The number of rotatable bonds is 1. The van der Waals surface area contributed by atoms with Crippen LogP contribution >= 0.6 is 0 Å². The van der Waals surface area contributed by atoms with Gasteiger partial charge in [-0.2, -0.15) is 0 Å². The van der Waals surface area contributed by atoms with Gasteiger partial charge in [-0.15, -0.1) is 0 Å². The van der Waals surface area contributed by atoms with Crippen LogP contribution in [0.25, 0.3) is 0 Å². The molecule has 0 radical (unpaired) electrons. The Bertz CT molecular complexity index is 102. The SMILES string of the molecule is C/C(N)=C\C=C(O)O. The van der Waals surface area contributed by atoms with E-state index in [1.807, 2.05) is 0 Å². The Hall–Kier alpha value is -1.12. The highest BCUT2D eigenvalue weighted by molar-refractivity contribution is 5.06. The molecule has 0 atom stereocenters. The molecule has 3 heteroatoms. The summed E-state index contributed by atoms with van der Waals surface area (Å²) < 4.78 is 0. The minimum atomic E-state index is -0.727. The summed E-state index contributed by atoms with van der Waals surface area (Å²) in [5.41, 5.74) is 5.67. The van der Waals surface area contributed by atoms with Crippen LogP contribution in [0.1, 0.15) is 6.92 Å². The zero-order valence-corrected chi connectivity index (χ0v) is 4.63. The second kappa shape index (κ2) is 2.96. The first-order valence-electron chi connectivity index (χ1n) is 2.15. The molecule has 0 aliphatic heterocycles. The third-order valence-electron chi connectivity index (χ3n) is 0.495. The van der Waals surface area contributed by atoms with Crippen molar-refractivity contribution in [1.82, 2.24) is 0 Å². The summed E-state index contributed by atoms with van der Waals surface area (Å²) in [5.74, 6) is -0.727. The Balaban J connectivity index is 3.76. The molecule has 0 aromatic rings. The lowest BCUT2D eigenvalue weighted by atomic mass is 10.4. The van der Waals surface area contributed by atoms with Gasteiger partial charge < -0.3 is 15.9 Å². The molecule has 0 amide bonds. The monoisotopic (exact) mass is 115 g/mol. The van der Waals surface area contributed by atoms with E-state index in [0.717, 1.165) is 6.08 Å². The summed E-state index contributed by atoms with van der Waals surface area (Å²) in [4.78, 5) is 0. The van der Waals surface area contributed by atoms with Crippen molar-refractivity contribution in [2.24, 2.45) is 5.73 Å². The van der Waals surface area contributed by atoms with Gasteiger partial charge in [-0.1, -0.05) is 0 Å². The highest BCUT2D eigenvalue weighted by Crippen LogP contribution is 1.84. The van der Waals surface area contributed by atoms with Gasteiger partial charge in [-0.25, -0.2) is 0 Å². The Morgan fingerprint density at radius 3 is 2.00 bits per heavy atom. The lowest BCUT2D eigenvalue weighted by Gasteiger charge is -1.83. The van der Waals surface area contributed by atoms with Gasteiger partial charge in [0, 0.05) is 11.8 Å². The minimum absolute atomic E-state index is 0.533. The summed E-state index contributed by atoms with van der Waals surface area (Å²) in [6.45, 7) is 1.65. The van der Waals surface area contributed by atoms with Crippen LogP contribution in [0.5, 0.6) is 0 Å². The Morgan fingerprint density at radius 1 is 1.38 bits per heavy atom. The van der Waals surface area contributed by atoms with Crippen molar-refractivity contribution in [2.45, 2.75) is 6.92 Å². The Labute approximate surface area is 47.7 Å². The summed E-state index contributed by atoms with van der Waals surface area (Å²) >= 11 is 0. The van der Waals surface area contributed by atoms with E-state index in [2.05, 4.69) is 0 Å². The molecule has 4 N–H and O–H groups in total. The predicted molar refractivity (Wildman–Crippen MR) is 31.3 cm³/mol. The van der Waals surface area contributed by atoms with Gasteiger partial charge in [0.05, 0.1) is 0 Å². The molecule has 0 aliphatic carbocycles. The number of hydrogen-bond acceptors (Lipinski definition) is 3. The molecule has 0 saturated carbocycles. The van der Waals surface area contributed by atoms with Crippen LogP contribution in [0.3, 0.4) is 0 Å². The maximum atomic E-state index is 8.12. The molecule has 0 unspecified atom stereocenters. The molecule has 8 heavy (non-hydrogen) atoms. The number of hydrogen-bond donors (Lipinski definition) is 3. The van der Waals surface area contributed by atoms with Crippen molar-refractivity contribution in [3.63, 3.8) is 0 Å². The van der Waals surface area contributed by atoms with Crippen LogP contribution in [0.15, 0.2) is 23.8 Å². The molecule has 0 saturated heterocycles. The zero-order valence-electron chi connectivity index (χ0n) is 4.63. The first kappa shape index (κ1) is 6.88. The van der Waals surface area contributed by atoms with E-state index in [9.17, 15) is 0 Å². The van der Waals surface area contributed by atoms with Gasteiger partial charge in [0.15, 0.2) is 0 Å². The van der Waals surface area contributed by atoms with E-state index in [1.54, 1.807) is 6.92 Å². The largest absolute Gasteiger partial charge is 0.481 e. The van der Waals surface area contributed by atoms with Crippen LogP contribution < -0.4 is 5.73 Å². The first-order chi connectivity index (χ1) is 3.63. The fourth-order valence-corrected chi connectivity index (χ4v) is 0.206. The maximum absolute atomic E-state index is 8.12. The van der Waals surface area contributed by atoms with E-state index < -0.39 is 5.95 Å². The van der Waals surface area contributed by atoms with Crippen molar-refractivity contribution >= 4 is 0 Å². The summed E-state index contributed by atoms with van der Waals surface area (Å²) in [7, 11) is 0. The molecule has 0 fully saturated rings. The average molecular weight is 115 g/mol. The van der Waals surface area contributed by atoms with Crippen molar-refractivity contribution in [2.75, 3.05) is 0 Å². The maximum Gasteiger partial charge on any atom is 0.274 e. The van der Waals surface area contributed by atoms with Crippen LogP contribution in [0, 0.1) is 0 Å². The van der Waals surface area contributed by atoms with E-state index in [1.165, 1.54) is 6.08 Å².